The Morgan fingerprint density at radius 2 is 1.95 bits per heavy atom. The maximum Gasteiger partial charge on any atom is 0.125 e. The summed E-state index contributed by atoms with van der Waals surface area (Å²) in [6.07, 6.45) is 0.735. The molecule has 100 valence electrons. The fourth-order valence-electron chi connectivity index (χ4n) is 2.02. The van der Waals surface area contributed by atoms with Gasteiger partial charge in [-0.1, -0.05) is 47.5 Å². The van der Waals surface area contributed by atoms with Crippen molar-refractivity contribution in [3.05, 3.63) is 64.7 Å². The summed E-state index contributed by atoms with van der Waals surface area (Å²) in [7, 11) is 0. The van der Waals surface area contributed by atoms with Crippen molar-refractivity contribution in [3.63, 3.8) is 0 Å². The number of rotatable bonds is 5. The van der Waals surface area contributed by atoms with Gasteiger partial charge in [0.15, 0.2) is 0 Å². The first-order valence-electron chi connectivity index (χ1n) is 6.38. The van der Waals surface area contributed by atoms with Gasteiger partial charge in [0.2, 0.25) is 0 Å². The van der Waals surface area contributed by atoms with E-state index in [4.69, 9.17) is 22.1 Å². The van der Waals surface area contributed by atoms with Crippen molar-refractivity contribution in [2.75, 3.05) is 6.54 Å². The van der Waals surface area contributed by atoms with E-state index in [1.165, 1.54) is 5.56 Å². The Morgan fingerprint density at radius 1 is 1.16 bits per heavy atom. The molecule has 1 atom stereocenters. The van der Waals surface area contributed by atoms with E-state index >= 15 is 0 Å². The van der Waals surface area contributed by atoms with Crippen LogP contribution in [0, 0.1) is 6.92 Å². The molecule has 0 aromatic heterocycles. The predicted molar refractivity (Wildman–Crippen MR) is 79.7 cm³/mol. The van der Waals surface area contributed by atoms with E-state index in [2.05, 4.69) is 25.1 Å². The second kappa shape index (κ2) is 6.60. The summed E-state index contributed by atoms with van der Waals surface area (Å²) in [5, 5.41) is 0.674. The Morgan fingerprint density at radius 3 is 2.63 bits per heavy atom. The van der Waals surface area contributed by atoms with Gasteiger partial charge in [-0.15, -0.1) is 0 Å². The Balaban J connectivity index is 2.21. The lowest BCUT2D eigenvalue weighted by molar-refractivity contribution is 0.198. The molecule has 0 heterocycles. The van der Waals surface area contributed by atoms with Gasteiger partial charge in [0.1, 0.15) is 11.9 Å². The molecule has 0 saturated heterocycles. The number of aryl methyl sites for hydroxylation is 1. The van der Waals surface area contributed by atoms with Crippen LogP contribution in [0.25, 0.3) is 0 Å². The van der Waals surface area contributed by atoms with E-state index < -0.39 is 0 Å². The molecule has 0 spiro atoms. The van der Waals surface area contributed by atoms with Gasteiger partial charge in [-0.05, 0) is 37.2 Å². The number of ether oxygens (including phenoxy) is 1. The number of nitrogens with two attached hydrogens (primary N) is 1. The SMILES string of the molecule is Cc1cccc(C(CCN)Oc2cccc(Cl)c2)c1. The molecule has 2 aromatic carbocycles. The standard InChI is InChI=1S/C16H18ClNO/c1-12-4-2-5-13(10-12)16(8-9-18)19-15-7-3-6-14(17)11-15/h2-7,10-11,16H,8-9,18H2,1H3. The molecule has 2 rings (SSSR count). The van der Waals surface area contributed by atoms with Crippen LogP contribution in [0.1, 0.15) is 23.7 Å². The zero-order valence-electron chi connectivity index (χ0n) is 11.0. The average molecular weight is 276 g/mol. The van der Waals surface area contributed by atoms with E-state index in [0.717, 1.165) is 17.7 Å². The molecule has 19 heavy (non-hydrogen) atoms. The minimum atomic E-state index is -0.0385. The summed E-state index contributed by atoms with van der Waals surface area (Å²) < 4.78 is 6.01. The normalized spacial score (nSPS) is 12.2. The van der Waals surface area contributed by atoms with E-state index in [1.54, 1.807) is 0 Å². The highest BCUT2D eigenvalue weighted by Crippen LogP contribution is 2.26. The average Bonchev–Trinajstić information content (AvgIpc) is 2.38. The quantitative estimate of drug-likeness (QED) is 0.891. The van der Waals surface area contributed by atoms with E-state index in [0.29, 0.717) is 11.6 Å². The molecule has 1 unspecified atom stereocenters. The van der Waals surface area contributed by atoms with Gasteiger partial charge in [-0.25, -0.2) is 0 Å². The first kappa shape index (κ1) is 13.9. The zero-order valence-corrected chi connectivity index (χ0v) is 11.7. The van der Waals surface area contributed by atoms with E-state index in [-0.39, 0.29) is 6.10 Å². The Labute approximate surface area is 119 Å². The fraction of sp³-hybridized carbons (Fsp3) is 0.250. The van der Waals surface area contributed by atoms with Gasteiger partial charge in [-0.3, -0.25) is 0 Å². The molecule has 0 saturated carbocycles. The van der Waals surface area contributed by atoms with Gasteiger partial charge >= 0.3 is 0 Å². The van der Waals surface area contributed by atoms with Gasteiger partial charge in [0, 0.05) is 11.4 Å². The number of benzene rings is 2. The molecule has 2 aromatic rings. The van der Waals surface area contributed by atoms with Crippen LogP contribution in [-0.4, -0.2) is 6.54 Å². The van der Waals surface area contributed by atoms with E-state index in [1.807, 2.05) is 30.3 Å². The zero-order chi connectivity index (χ0) is 13.7. The lowest BCUT2D eigenvalue weighted by Crippen LogP contribution is -2.13. The summed E-state index contributed by atoms with van der Waals surface area (Å²) in [6.45, 7) is 2.65. The number of hydrogen-bond donors (Lipinski definition) is 1. The fourth-order valence-corrected chi connectivity index (χ4v) is 2.20. The van der Waals surface area contributed by atoms with Crippen LogP contribution in [0.5, 0.6) is 5.75 Å². The molecule has 2 N–H and O–H groups in total. The molecular weight excluding hydrogens is 258 g/mol. The molecule has 3 heteroatoms. The highest BCUT2D eigenvalue weighted by Gasteiger charge is 2.13. The minimum absolute atomic E-state index is 0.0385. The summed E-state index contributed by atoms with van der Waals surface area (Å²) in [4.78, 5) is 0. The third-order valence-electron chi connectivity index (χ3n) is 2.92. The molecule has 0 bridgehead atoms. The van der Waals surface area contributed by atoms with Crippen molar-refractivity contribution in [1.29, 1.82) is 0 Å². The largest absolute Gasteiger partial charge is 0.486 e. The number of hydrogen-bond acceptors (Lipinski definition) is 2. The van der Waals surface area contributed by atoms with Gasteiger partial charge < -0.3 is 10.5 Å². The van der Waals surface area contributed by atoms with Gasteiger partial charge in [0.05, 0.1) is 0 Å². The second-order valence-corrected chi connectivity index (χ2v) is 4.99. The smallest absolute Gasteiger partial charge is 0.125 e. The van der Waals surface area contributed by atoms with Crippen LogP contribution in [-0.2, 0) is 0 Å². The summed E-state index contributed by atoms with van der Waals surface area (Å²) in [5.74, 6) is 0.771. The van der Waals surface area contributed by atoms with Gasteiger partial charge in [0.25, 0.3) is 0 Å². The first-order chi connectivity index (χ1) is 9.19. The van der Waals surface area contributed by atoms with Crippen molar-refractivity contribution >= 4 is 11.6 Å². The molecule has 0 aliphatic heterocycles. The molecule has 2 nitrogen and oxygen atoms in total. The monoisotopic (exact) mass is 275 g/mol. The summed E-state index contributed by atoms with van der Waals surface area (Å²) >= 11 is 5.97. The van der Waals surface area contributed by atoms with Crippen LogP contribution in [0.15, 0.2) is 48.5 Å². The summed E-state index contributed by atoms with van der Waals surface area (Å²) in [6, 6.07) is 15.7. The third-order valence-corrected chi connectivity index (χ3v) is 3.15. The van der Waals surface area contributed by atoms with Crippen LogP contribution in [0.3, 0.4) is 0 Å². The van der Waals surface area contributed by atoms with Crippen molar-refractivity contribution in [3.8, 4) is 5.75 Å². The van der Waals surface area contributed by atoms with Crippen molar-refractivity contribution in [2.24, 2.45) is 5.73 Å². The molecule has 0 aliphatic carbocycles. The lowest BCUT2D eigenvalue weighted by Gasteiger charge is -2.19. The van der Waals surface area contributed by atoms with Gasteiger partial charge in [-0.2, -0.15) is 0 Å². The Kier molecular flexibility index (Phi) is 4.83. The Bertz CT molecular complexity index is 542. The van der Waals surface area contributed by atoms with Crippen molar-refractivity contribution in [2.45, 2.75) is 19.4 Å². The second-order valence-electron chi connectivity index (χ2n) is 4.56. The van der Waals surface area contributed by atoms with E-state index in [9.17, 15) is 0 Å². The lowest BCUT2D eigenvalue weighted by atomic mass is 10.0. The third kappa shape index (κ3) is 3.98. The van der Waals surface area contributed by atoms with Crippen LogP contribution in [0.2, 0.25) is 5.02 Å². The maximum atomic E-state index is 6.01. The number of halogens is 1. The molecule has 0 amide bonds. The van der Waals surface area contributed by atoms with Crippen LogP contribution >= 0.6 is 11.6 Å². The van der Waals surface area contributed by atoms with Crippen LogP contribution in [0.4, 0.5) is 0 Å². The first-order valence-corrected chi connectivity index (χ1v) is 6.75. The molecule has 0 aliphatic rings. The molecule has 0 radical (unpaired) electrons. The van der Waals surface area contributed by atoms with Crippen molar-refractivity contribution in [1.82, 2.24) is 0 Å². The highest BCUT2D eigenvalue weighted by molar-refractivity contribution is 6.30. The maximum absolute atomic E-state index is 6.01. The minimum Gasteiger partial charge on any atom is -0.486 e. The molecule has 0 fully saturated rings. The molecular formula is C16H18ClNO. The van der Waals surface area contributed by atoms with Crippen LogP contribution < -0.4 is 10.5 Å². The summed E-state index contributed by atoms with van der Waals surface area (Å²) in [5.41, 5.74) is 8.04. The highest BCUT2D eigenvalue weighted by atomic mass is 35.5. The predicted octanol–water partition coefficient (Wildman–Crippen LogP) is 4.12. The topological polar surface area (TPSA) is 35.2 Å². The van der Waals surface area contributed by atoms with Crippen molar-refractivity contribution < 1.29 is 4.74 Å². The Hall–Kier alpha value is -1.51.